The lowest BCUT2D eigenvalue weighted by atomic mass is 10.0. The Kier molecular flexibility index (Phi) is 3.30. The number of pyridine rings is 1. The molecule has 0 N–H and O–H groups in total. The molecule has 0 saturated carbocycles. The maximum atomic E-state index is 13.7. The fourth-order valence-corrected chi connectivity index (χ4v) is 3.12. The lowest BCUT2D eigenvalue weighted by Crippen LogP contribution is -2.29. The van der Waals surface area contributed by atoms with Gasteiger partial charge >= 0.3 is 0 Å². The number of aromatic nitrogens is 1. The van der Waals surface area contributed by atoms with E-state index in [2.05, 4.69) is 4.98 Å². The predicted molar refractivity (Wildman–Crippen MR) is 90.7 cm³/mol. The van der Waals surface area contributed by atoms with Crippen LogP contribution in [-0.2, 0) is 0 Å². The molecule has 3 aromatic rings. The van der Waals surface area contributed by atoms with Crippen molar-refractivity contribution in [2.24, 2.45) is 0 Å². The molecule has 8 heteroatoms. The lowest BCUT2D eigenvalue weighted by Gasteiger charge is -2.13. The highest BCUT2D eigenvalue weighted by Crippen LogP contribution is 2.35. The Bertz CT molecular complexity index is 1130. The van der Waals surface area contributed by atoms with Crippen molar-refractivity contribution in [1.29, 1.82) is 0 Å². The van der Waals surface area contributed by atoms with Gasteiger partial charge in [-0.05, 0) is 37.3 Å². The minimum Gasteiger partial charge on any atom is -0.268 e. The first kappa shape index (κ1) is 15.8. The molecule has 0 aliphatic carbocycles. The molecule has 0 fully saturated rings. The zero-order valence-electron chi connectivity index (χ0n) is 13.4. The number of amides is 2. The minimum absolute atomic E-state index is 0.0929. The zero-order valence-corrected chi connectivity index (χ0v) is 13.4. The molecule has 0 unspecified atom stereocenters. The summed E-state index contributed by atoms with van der Waals surface area (Å²) < 4.78 is 13.7. The molecule has 0 saturated heterocycles. The van der Waals surface area contributed by atoms with Gasteiger partial charge in [-0.25, -0.2) is 9.29 Å². The maximum Gasteiger partial charge on any atom is 0.269 e. The van der Waals surface area contributed by atoms with E-state index in [0.717, 1.165) is 4.90 Å². The van der Waals surface area contributed by atoms with Crippen LogP contribution in [0.4, 0.5) is 15.8 Å². The summed E-state index contributed by atoms with van der Waals surface area (Å²) in [6.07, 6.45) is 0. The third-order valence-electron chi connectivity index (χ3n) is 4.28. The molecule has 2 aromatic carbocycles. The number of anilines is 1. The average molecular weight is 351 g/mol. The van der Waals surface area contributed by atoms with Crippen molar-refractivity contribution in [1.82, 2.24) is 4.98 Å². The molecule has 0 radical (unpaired) electrons. The highest BCUT2D eigenvalue weighted by molar-refractivity contribution is 6.37. The Morgan fingerprint density at radius 2 is 1.69 bits per heavy atom. The summed E-state index contributed by atoms with van der Waals surface area (Å²) in [4.78, 5) is 41.2. The quantitative estimate of drug-likeness (QED) is 0.401. The van der Waals surface area contributed by atoms with Gasteiger partial charge in [0.25, 0.3) is 17.5 Å². The molecule has 2 amide bonds. The standard InChI is InChI=1S/C18H10FN3O4/c1-9-15-16(13-8-10(19)2-7-14(13)20-9)18(24)21(17(15)23)11-3-5-12(6-4-11)22(25)26/h2-8H,1H3. The monoisotopic (exact) mass is 351 g/mol. The summed E-state index contributed by atoms with van der Waals surface area (Å²) in [5.41, 5.74) is 1.03. The van der Waals surface area contributed by atoms with Crippen LogP contribution in [0.1, 0.15) is 26.4 Å². The first-order valence-electron chi connectivity index (χ1n) is 7.61. The van der Waals surface area contributed by atoms with Crippen LogP contribution >= 0.6 is 0 Å². The number of benzene rings is 2. The van der Waals surface area contributed by atoms with E-state index >= 15 is 0 Å². The fourth-order valence-electron chi connectivity index (χ4n) is 3.12. The number of nitro benzene ring substituents is 1. The van der Waals surface area contributed by atoms with Crippen molar-refractivity contribution < 1.29 is 18.9 Å². The van der Waals surface area contributed by atoms with E-state index in [-0.39, 0.29) is 27.9 Å². The Labute approximate surface area is 145 Å². The second-order valence-corrected chi connectivity index (χ2v) is 5.83. The molecule has 1 aliphatic rings. The summed E-state index contributed by atoms with van der Waals surface area (Å²) in [6, 6.07) is 8.92. The highest BCUT2D eigenvalue weighted by atomic mass is 19.1. The van der Waals surface area contributed by atoms with Crippen molar-refractivity contribution in [3.05, 3.63) is 75.2 Å². The zero-order chi connectivity index (χ0) is 18.6. The average Bonchev–Trinajstić information content (AvgIpc) is 2.87. The number of imide groups is 1. The van der Waals surface area contributed by atoms with Gasteiger partial charge in [0.05, 0.1) is 32.9 Å². The Balaban J connectivity index is 1.91. The summed E-state index contributed by atoms with van der Waals surface area (Å²) in [5.74, 6) is -1.74. The normalized spacial score (nSPS) is 13.4. The van der Waals surface area contributed by atoms with Crippen LogP contribution < -0.4 is 4.90 Å². The number of fused-ring (bicyclic) bond motifs is 3. The number of rotatable bonds is 2. The largest absolute Gasteiger partial charge is 0.269 e. The van der Waals surface area contributed by atoms with Gasteiger partial charge < -0.3 is 0 Å². The Morgan fingerprint density at radius 3 is 2.35 bits per heavy atom. The summed E-state index contributed by atoms with van der Waals surface area (Å²) in [6.45, 7) is 1.60. The molecule has 7 nitrogen and oxygen atoms in total. The topological polar surface area (TPSA) is 93.4 Å². The Hall–Kier alpha value is -3.68. The number of nitro groups is 1. The maximum absolute atomic E-state index is 13.7. The molecule has 1 aromatic heterocycles. The van der Waals surface area contributed by atoms with Crippen LogP contribution in [0.5, 0.6) is 0 Å². The van der Waals surface area contributed by atoms with Crippen molar-refractivity contribution >= 4 is 34.1 Å². The molecule has 2 heterocycles. The van der Waals surface area contributed by atoms with Crippen LogP contribution in [0.3, 0.4) is 0 Å². The van der Waals surface area contributed by atoms with Crippen LogP contribution in [0.2, 0.25) is 0 Å². The molecular formula is C18H10FN3O4. The SMILES string of the molecule is Cc1nc2ccc(F)cc2c2c1C(=O)N(c1ccc([N+](=O)[O-])cc1)C2=O. The number of carbonyl (C=O) groups is 2. The van der Waals surface area contributed by atoms with Gasteiger partial charge in [-0.2, -0.15) is 0 Å². The van der Waals surface area contributed by atoms with Crippen LogP contribution in [0, 0.1) is 22.9 Å². The van der Waals surface area contributed by atoms with Gasteiger partial charge in [0.1, 0.15) is 5.82 Å². The number of aryl methyl sites for hydroxylation is 1. The number of hydrogen-bond donors (Lipinski definition) is 0. The van der Waals surface area contributed by atoms with E-state index in [1.807, 2.05) is 0 Å². The van der Waals surface area contributed by atoms with Gasteiger partial charge in [-0.1, -0.05) is 0 Å². The second kappa shape index (κ2) is 5.41. The first-order valence-corrected chi connectivity index (χ1v) is 7.61. The van der Waals surface area contributed by atoms with Crippen molar-refractivity contribution in [3.8, 4) is 0 Å². The van der Waals surface area contributed by atoms with Gasteiger partial charge in [0.2, 0.25) is 0 Å². The van der Waals surface area contributed by atoms with E-state index in [1.54, 1.807) is 6.92 Å². The number of nitrogens with zero attached hydrogens (tertiary/aromatic N) is 3. The molecule has 1 aliphatic heterocycles. The van der Waals surface area contributed by atoms with E-state index in [0.29, 0.717) is 11.2 Å². The van der Waals surface area contributed by atoms with E-state index < -0.39 is 22.6 Å². The third kappa shape index (κ3) is 2.16. The molecule has 128 valence electrons. The molecule has 0 atom stereocenters. The van der Waals surface area contributed by atoms with Gasteiger partial charge in [0.15, 0.2) is 0 Å². The van der Waals surface area contributed by atoms with Crippen LogP contribution in [0.15, 0.2) is 42.5 Å². The second-order valence-electron chi connectivity index (χ2n) is 5.83. The number of non-ortho nitro benzene ring substituents is 1. The predicted octanol–water partition coefficient (Wildman–Crippen LogP) is 3.39. The van der Waals surface area contributed by atoms with Gasteiger partial charge in [0, 0.05) is 17.5 Å². The van der Waals surface area contributed by atoms with Gasteiger partial charge in [-0.15, -0.1) is 0 Å². The van der Waals surface area contributed by atoms with Crippen molar-refractivity contribution in [2.45, 2.75) is 6.92 Å². The summed E-state index contributed by atoms with van der Waals surface area (Å²) in [7, 11) is 0. The number of halogens is 1. The molecule has 4 rings (SSSR count). The summed E-state index contributed by atoms with van der Waals surface area (Å²) >= 11 is 0. The third-order valence-corrected chi connectivity index (χ3v) is 4.28. The van der Waals surface area contributed by atoms with E-state index in [9.17, 15) is 24.1 Å². The van der Waals surface area contributed by atoms with Crippen molar-refractivity contribution in [2.75, 3.05) is 4.90 Å². The molecule has 26 heavy (non-hydrogen) atoms. The fraction of sp³-hybridized carbons (Fsp3) is 0.0556. The van der Waals surface area contributed by atoms with Crippen LogP contribution in [0.25, 0.3) is 10.9 Å². The Morgan fingerprint density at radius 1 is 1.04 bits per heavy atom. The summed E-state index contributed by atoms with van der Waals surface area (Å²) in [5, 5.41) is 11.0. The molecule has 0 bridgehead atoms. The highest BCUT2D eigenvalue weighted by Gasteiger charge is 2.40. The van der Waals surface area contributed by atoms with Crippen molar-refractivity contribution in [3.63, 3.8) is 0 Å². The van der Waals surface area contributed by atoms with Crippen LogP contribution in [-0.4, -0.2) is 21.7 Å². The minimum atomic E-state index is -0.611. The molecule has 0 spiro atoms. The van der Waals surface area contributed by atoms with E-state index in [4.69, 9.17) is 0 Å². The van der Waals surface area contributed by atoms with E-state index in [1.165, 1.54) is 42.5 Å². The lowest BCUT2D eigenvalue weighted by molar-refractivity contribution is -0.384. The smallest absolute Gasteiger partial charge is 0.268 e. The number of hydrogen-bond acceptors (Lipinski definition) is 5. The van der Waals surface area contributed by atoms with Gasteiger partial charge in [-0.3, -0.25) is 24.7 Å². The molecular weight excluding hydrogens is 341 g/mol. The number of carbonyl (C=O) groups excluding carboxylic acids is 2. The first-order chi connectivity index (χ1) is 12.4.